The van der Waals surface area contributed by atoms with Crippen molar-refractivity contribution in [2.24, 2.45) is 11.7 Å². The third-order valence-corrected chi connectivity index (χ3v) is 5.98. The number of nitrogen functional groups attached to an aromatic ring is 1. The molecule has 4 aromatic rings. The molecule has 0 radical (unpaired) electrons. The average Bonchev–Trinajstić information content (AvgIpc) is 3.14. The number of aromatic nitrogens is 1. The van der Waals surface area contributed by atoms with Crippen LogP contribution in [-0.2, 0) is 13.0 Å². The Bertz CT molecular complexity index is 1390. The molecule has 174 valence electrons. The zero-order valence-corrected chi connectivity index (χ0v) is 19.6. The number of ether oxygens (including phenoxy) is 1. The standard InChI is InChI=1S/C28H29N3O3/c1-17(2)15-31-16-20(23-10-8-19(27(29)30)13-26(23)31)12-18-6-4-5-7-22(18)24-11-9-21(34-3)14-25(24)28(32)33/h4-11,13-14,16-17H,12,15H2,1-3H3,(H3,29,30)(H,32,33). The highest BCUT2D eigenvalue weighted by Gasteiger charge is 2.18. The van der Waals surface area contributed by atoms with Gasteiger partial charge in [-0.15, -0.1) is 0 Å². The van der Waals surface area contributed by atoms with Gasteiger partial charge in [-0.3, -0.25) is 5.41 Å². The number of hydrogen-bond donors (Lipinski definition) is 3. The van der Waals surface area contributed by atoms with Crippen molar-refractivity contribution in [3.8, 4) is 16.9 Å². The fourth-order valence-electron chi connectivity index (χ4n) is 4.43. The molecule has 0 spiro atoms. The number of carboxylic acid groups (broad SMARTS) is 1. The van der Waals surface area contributed by atoms with E-state index >= 15 is 0 Å². The summed E-state index contributed by atoms with van der Waals surface area (Å²) in [4.78, 5) is 12.0. The second kappa shape index (κ2) is 9.43. The quantitative estimate of drug-likeness (QED) is 0.240. The minimum Gasteiger partial charge on any atom is -0.497 e. The Morgan fingerprint density at radius 2 is 1.82 bits per heavy atom. The van der Waals surface area contributed by atoms with Crippen molar-refractivity contribution in [2.45, 2.75) is 26.8 Å². The van der Waals surface area contributed by atoms with Crippen molar-refractivity contribution in [3.05, 3.63) is 89.1 Å². The summed E-state index contributed by atoms with van der Waals surface area (Å²) in [6.07, 6.45) is 2.81. The summed E-state index contributed by atoms with van der Waals surface area (Å²) >= 11 is 0. The van der Waals surface area contributed by atoms with Crippen molar-refractivity contribution in [3.63, 3.8) is 0 Å². The molecule has 1 aromatic heterocycles. The first-order valence-corrected chi connectivity index (χ1v) is 11.2. The summed E-state index contributed by atoms with van der Waals surface area (Å²) in [5.41, 5.74) is 11.4. The van der Waals surface area contributed by atoms with Gasteiger partial charge in [-0.2, -0.15) is 0 Å². The lowest BCUT2D eigenvalue weighted by Crippen LogP contribution is -2.11. The molecule has 4 rings (SSSR count). The van der Waals surface area contributed by atoms with Crippen LogP contribution in [-0.4, -0.2) is 28.6 Å². The number of nitrogens with one attached hydrogen (secondary N) is 1. The summed E-state index contributed by atoms with van der Waals surface area (Å²) < 4.78 is 7.46. The lowest BCUT2D eigenvalue weighted by Gasteiger charge is -2.13. The molecule has 1 heterocycles. The Hall–Kier alpha value is -4.06. The average molecular weight is 456 g/mol. The number of carbonyl (C=O) groups is 1. The first kappa shape index (κ1) is 23.1. The predicted octanol–water partition coefficient (Wildman–Crippen LogP) is 5.55. The number of nitrogens with two attached hydrogens (primary N) is 1. The molecule has 0 saturated heterocycles. The predicted molar refractivity (Wildman–Crippen MR) is 136 cm³/mol. The first-order valence-electron chi connectivity index (χ1n) is 11.2. The summed E-state index contributed by atoms with van der Waals surface area (Å²) in [6.45, 7) is 5.20. The van der Waals surface area contributed by atoms with E-state index in [1.807, 2.05) is 48.5 Å². The lowest BCUT2D eigenvalue weighted by atomic mass is 9.92. The van der Waals surface area contributed by atoms with Crippen molar-refractivity contribution in [1.82, 2.24) is 4.57 Å². The smallest absolute Gasteiger partial charge is 0.336 e. The fraction of sp³-hybridized carbons (Fsp3) is 0.214. The van der Waals surface area contributed by atoms with E-state index in [0.717, 1.165) is 34.1 Å². The number of rotatable bonds is 8. The van der Waals surface area contributed by atoms with Gasteiger partial charge >= 0.3 is 5.97 Å². The molecule has 0 fully saturated rings. The molecule has 0 atom stereocenters. The van der Waals surface area contributed by atoms with Gasteiger partial charge in [-0.1, -0.05) is 50.2 Å². The van der Waals surface area contributed by atoms with Gasteiger partial charge in [-0.25, -0.2) is 4.79 Å². The highest BCUT2D eigenvalue weighted by atomic mass is 16.5. The van der Waals surface area contributed by atoms with E-state index in [2.05, 4.69) is 24.6 Å². The maximum atomic E-state index is 12.0. The van der Waals surface area contributed by atoms with E-state index in [-0.39, 0.29) is 11.4 Å². The van der Waals surface area contributed by atoms with Crippen LogP contribution in [0.25, 0.3) is 22.0 Å². The van der Waals surface area contributed by atoms with Gasteiger partial charge < -0.3 is 20.1 Å². The second-order valence-electron chi connectivity index (χ2n) is 8.90. The molecule has 0 aliphatic heterocycles. The summed E-state index contributed by atoms with van der Waals surface area (Å²) in [5, 5.41) is 18.8. The first-order chi connectivity index (χ1) is 16.3. The van der Waals surface area contributed by atoms with E-state index in [9.17, 15) is 9.90 Å². The van der Waals surface area contributed by atoms with Gasteiger partial charge in [0.25, 0.3) is 0 Å². The molecule has 0 bridgehead atoms. The van der Waals surface area contributed by atoms with Crippen LogP contribution in [0.3, 0.4) is 0 Å². The number of methoxy groups -OCH3 is 1. The normalized spacial score (nSPS) is 11.2. The molecular weight excluding hydrogens is 426 g/mol. The van der Waals surface area contributed by atoms with Crippen LogP contribution in [0.1, 0.15) is 40.9 Å². The van der Waals surface area contributed by atoms with E-state index in [0.29, 0.717) is 29.2 Å². The molecule has 0 saturated carbocycles. The van der Waals surface area contributed by atoms with Gasteiger partial charge in [0.15, 0.2) is 0 Å². The maximum Gasteiger partial charge on any atom is 0.336 e. The number of aromatic carboxylic acids is 1. The maximum absolute atomic E-state index is 12.0. The number of amidine groups is 1. The minimum atomic E-state index is -0.992. The molecule has 0 aliphatic carbocycles. The van der Waals surface area contributed by atoms with E-state index in [1.54, 1.807) is 12.1 Å². The van der Waals surface area contributed by atoms with Crippen LogP contribution in [0.5, 0.6) is 5.75 Å². The van der Waals surface area contributed by atoms with Crippen molar-refractivity contribution in [2.75, 3.05) is 7.11 Å². The second-order valence-corrected chi connectivity index (χ2v) is 8.90. The van der Waals surface area contributed by atoms with E-state index < -0.39 is 5.97 Å². The Morgan fingerprint density at radius 3 is 2.50 bits per heavy atom. The molecule has 4 N–H and O–H groups in total. The molecule has 3 aromatic carbocycles. The fourth-order valence-corrected chi connectivity index (χ4v) is 4.43. The molecule has 0 amide bonds. The molecular formula is C28H29N3O3. The van der Waals surface area contributed by atoms with Crippen LogP contribution >= 0.6 is 0 Å². The molecule has 6 heteroatoms. The molecule has 34 heavy (non-hydrogen) atoms. The zero-order chi connectivity index (χ0) is 24.4. The Morgan fingerprint density at radius 1 is 1.06 bits per heavy atom. The molecule has 0 unspecified atom stereocenters. The van der Waals surface area contributed by atoms with E-state index in [1.165, 1.54) is 7.11 Å². The summed E-state index contributed by atoms with van der Waals surface area (Å²) in [5.74, 6) is 0.0200. The third kappa shape index (κ3) is 4.53. The SMILES string of the molecule is COc1ccc(-c2ccccc2Cc2cn(CC(C)C)c3cc(C(=N)N)ccc23)c(C(=O)O)c1. The Kier molecular flexibility index (Phi) is 6.41. The van der Waals surface area contributed by atoms with Crippen molar-refractivity contribution < 1.29 is 14.6 Å². The van der Waals surface area contributed by atoms with Gasteiger partial charge in [0, 0.05) is 35.6 Å². The Labute approximate surface area is 199 Å². The summed E-state index contributed by atoms with van der Waals surface area (Å²) in [6, 6.07) is 18.9. The Balaban J connectivity index is 1.83. The van der Waals surface area contributed by atoms with E-state index in [4.69, 9.17) is 15.9 Å². The van der Waals surface area contributed by atoms with Gasteiger partial charge in [0.2, 0.25) is 0 Å². The third-order valence-electron chi connectivity index (χ3n) is 5.98. The van der Waals surface area contributed by atoms with Crippen LogP contribution < -0.4 is 10.5 Å². The van der Waals surface area contributed by atoms with Crippen molar-refractivity contribution >= 4 is 22.7 Å². The van der Waals surface area contributed by atoms with Crippen LogP contribution in [0.2, 0.25) is 0 Å². The van der Waals surface area contributed by atoms with Crippen LogP contribution in [0.4, 0.5) is 0 Å². The number of fused-ring (bicyclic) bond motifs is 1. The van der Waals surface area contributed by atoms with Crippen LogP contribution in [0.15, 0.2) is 66.9 Å². The monoisotopic (exact) mass is 455 g/mol. The van der Waals surface area contributed by atoms with Gasteiger partial charge in [-0.05, 0) is 52.4 Å². The largest absolute Gasteiger partial charge is 0.497 e. The lowest BCUT2D eigenvalue weighted by molar-refractivity contribution is 0.0697. The number of hydrogen-bond acceptors (Lipinski definition) is 3. The topological polar surface area (TPSA) is 101 Å². The van der Waals surface area contributed by atoms with Crippen molar-refractivity contribution in [1.29, 1.82) is 5.41 Å². The highest BCUT2D eigenvalue weighted by molar-refractivity contribution is 5.99. The molecule has 0 aliphatic rings. The summed E-state index contributed by atoms with van der Waals surface area (Å²) in [7, 11) is 1.53. The highest BCUT2D eigenvalue weighted by Crippen LogP contribution is 2.33. The minimum absolute atomic E-state index is 0.0480. The van der Waals surface area contributed by atoms with Crippen LogP contribution in [0, 0.1) is 11.3 Å². The zero-order valence-electron chi connectivity index (χ0n) is 19.6. The van der Waals surface area contributed by atoms with Gasteiger partial charge in [0.05, 0.1) is 12.7 Å². The molecule has 6 nitrogen and oxygen atoms in total. The number of carboxylic acids is 1. The number of benzene rings is 3. The number of nitrogens with zero attached hydrogens (tertiary/aromatic N) is 1. The van der Waals surface area contributed by atoms with Gasteiger partial charge in [0.1, 0.15) is 11.6 Å².